The molecule has 0 aromatic heterocycles. The summed E-state index contributed by atoms with van der Waals surface area (Å²) in [4.78, 5) is 0. The summed E-state index contributed by atoms with van der Waals surface area (Å²) in [6.07, 6.45) is 0. The SMILES string of the molecule is CC(C)c1ccc2c(c1)C(F)(F)c1cc(C(C)S)ccc1-2. The van der Waals surface area contributed by atoms with Crippen LogP contribution in [0.3, 0.4) is 0 Å². The molecule has 0 heterocycles. The van der Waals surface area contributed by atoms with Crippen molar-refractivity contribution in [1.82, 2.24) is 0 Å². The third-order valence-corrected chi connectivity index (χ3v) is 4.50. The molecule has 0 spiro atoms. The highest BCUT2D eigenvalue weighted by molar-refractivity contribution is 7.80. The highest BCUT2D eigenvalue weighted by Crippen LogP contribution is 2.52. The minimum Gasteiger partial charge on any atom is -0.196 e. The summed E-state index contributed by atoms with van der Waals surface area (Å²) in [7, 11) is 0. The Morgan fingerprint density at radius 1 is 0.857 bits per heavy atom. The average molecular weight is 304 g/mol. The molecule has 0 fully saturated rings. The van der Waals surface area contributed by atoms with E-state index in [0.717, 1.165) is 11.1 Å². The Morgan fingerprint density at radius 3 is 1.81 bits per heavy atom. The lowest BCUT2D eigenvalue weighted by Crippen LogP contribution is -2.12. The standard InChI is InChI=1S/C18H18F2S/c1-10(2)12-4-6-14-15-7-5-13(11(3)21)9-17(15)18(19,20)16(14)8-12/h4-11,21H,1-3H3. The van der Waals surface area contributed by atoms with Gasteiger partial charge >= 0.3 is 0 Å². The largest absolute Gasteiger partial charge is 0.299 e. The Bertz CT molecular complexity index is 643. The predicted octanol–water partition coefficient (Wildman–Crippen LogP) is 5.92. The summed E-state index contributed by atoms with van der Waals surface area (Å²) in [5.74, 6) is -2.68. The molecule has 0 aliphatic heterocycles. The average Bonchev–Trinajstić information content (AvgIpc) is 2.67. The molecule has 1 aliphatic carbocycles. The summed E-state index contributed by atoms with van der Waals surface area (Å²) < 4.78 is 29.6. The molecule has 0 bridgehead atoms. The number of rotatable bonds is 2. The molecule has 0 amide bonds. The molecule has 0 N–H and O–H groups in total. The van der Waals surface area contributed by atoms with Gasteiger partial charge in [0.1, 0.15) is 0 Å². The highest BCUT2D eigenvalue weighted by Gasteiger charge is 2.44. The van der Waals surface area contributed by atoms with Crippen molar-refractivity contribution in [3.63, 3.8) is 0 Å². The molecule has 0 saturated carbocycles. The van der Waals surface area contributed by atoms with E-state index < -0.39 is 5.92 Å². The molecule has 0 saturated heterocycles. The lowest BCUT2D eigenvalue weighted by Gasteiger charge is -2.15. The Labute approximate surface area is 129 Å². The first-order valence-corrected chi connectivity index (χ1v) is 7.69. The maximum atomic E-state index is 14.8. The van der Waals surface area contributed by atoms with Crippen molar-refractivity contribution in [2.24, 2.45) is 0 Å². The zero-order chi connectivity index (χ0) is 15.4. The minimum atomic E-state index is -2.92. The maximum Gasteiger partial charge on any atom is 0.299 e. The van der Waals surface area contributed by atoms with E-state index in [1.165, 1.54) is 0 Å². The number of fused-ring (bicyclic) bond motifs is 3. The zero-order valence-corrected chi connectivity index (χ0v) is 13.2. The summed E-state index contributed by atoms with van der Waals surface area (Å²) in [6.45, 7) is 5.92. The van der Waals surface area contributed by atoms with E-state index in [4.69, 9.17) is 0 Å². The number of hydrogen-bond donors (Lipinski definition) is 1. The van der Waals surface area contributed by atoms with Crippen molar-refractivity contribution in [2.45, 2.75) is 37.9 Å². The Hall–Kier alpha value is -1.35. The van der Waals surface area contributed by atoms with Gasteiger partial charge in [0.05, 0.1) is 0 Å². The van der Waals surface area contributed by atoms with Gasteiger partial charge in [-0.2, -0.15) is 21.4 Å². The molecule has 1 unspecified atom stereocenters. The zero-order valence-electron chi connectivity index (χ0n) is 12.3. The summed E-state index contributed by atoms with van der Waals surface area (Å²) in [5.41, 5.74) is 3.31. The van der Waals surface area contributed by atoms with Gasteiger partial charge in [0, 0.05) is 16.4 Å². The van der Waals surface area contributed by atoms with E-state index in [0.29, 0.717) is 11.1 Å². The van der Waals surface area contributed by atoms with Crippen LogP contribution in [0.1, 0.15) is 54.2 Å². The van der Waals surface area contributed by atoms with E-state index >= 15 is 0 Å². The molecule has 3 heteroatoms. The fourth-order valence-electron chi connectivity index (χ4n) is 2.88. The second-order valence-electron chi connectivity index (χ2n) is 6.02. The van der Waals surface area contributed by atoms with E-state index in [9.17, 15) is 8.78 Å². The normalized spacial score (nSPS) is 16.7. The Morgan fingerprint density at radius 2 is 1.33 bits per heavy atom. The first-order valence-electron chi connectivity index (χ1n) is 7.17. The summed E-state index contributed by atoms with van der Waals surface area (Å²) >= 11 is 4.35. The molecule has 0 nitrogen and oxygen atoms in total. The van der Waals surface area contributed by atoms with Crippen molar-refractivity contribution in [2.75, 3.05) is 0 Å². The van der Waals surface area contributed by atoms with Gasteiger partial charge in [-0.25, -0.2) is 0 Å². The van der Waals surface area contributed by atoms with Gasteiger partial charge < -0.3 is 0 Å². The number of halogens is 2. The van der Waals surface area contributed by atoms with Crippen molar-refractivity contribution in [1.29, 1.82) is 0 Å². The Balaban J connectivity index is 2.22. The molecule has 2 aromatic rings. The van der Waals surface area contributed by atoms with Gasteiger partial charge in [-0.05, 0) is 47.2 Å². The van der Waals surface area contributed by atoms with Crippen LogP contribution in [0.15, 0.2) is 36.4 Å². The van der Waals surface area contributed by atoms with Crippen molar-refractivity contribution in [3.05, 3.63) is 58.7 Å². The molecule has 21 heavy (non-hydrogen) atoms. The minimum absolute atomic E-state index is 0.0546. The molecule has 1 aliphatic rings. The van der Waals surface area contributed by atoms with Crippen LogP contribution in [-0.2, 0) is 5.92 Å². The number of thiol groups is 1. The first-order chi connectivity index (χ1) is 9.82. The van der Waals surface area contributed by atoms with E-state index in [1.807, 2.05) is 39.0 Å². The van der Waals surface area contributed by atoms with Crippen LogP contribution in [0.25, 0.3) is 11.1 Å². The quantitative estimate of drug-likeness (QED) is 0.654. The van der Waals surface area contributed by atoms with Gasteiger partial charge in [0.25, 0.3) is 5.92 Å². The monoisotopic (exact) mass is 304 g/mol. The lowest BCUT2D eigenvalue weighted by molar-refractivity contribution is 0.0478. The number of benzene rings is 2. The van der Waals surface area contributed by atoms with E-state index in [-0.39, 0.29) is 22.3 Å². The van der Waals surface area contributed by atoms with Gasteiger partial charge in [-0.1, -0.05) is 38.1 Å². The fraction of sp³-hybridized carbons (Fsp3) is 0.333. The molecular formula is C18H18F2S. The third kappa shape index (κ3) is 2.18. The molecular weight excluding hydrogens is 286 g/mol. The van der Waals surface area contributed by atoms with Crippen molar-refractivity contribution < 1.29 is 8.78 Å². The topological polar surface area (TPSA) is 0 Å². The molecule has 1 atom stereocenters. The molecule has 2 aromatic carbocycles. The van der Waals surface area contributed by atoms with Crippen molar-refractivity contribution in [3.8, 4) is 11.1 Å². The summed E-state index contributed by atoms with van der Waals surface area (Å²) in [6, 6.07) is 10.7. The van der Waals surface area contributed by atoms with Crippen LogP contribution in [0, 0.1) is 0 Å². The lowest BCUT2D eigenvalue weighted by atomic mass is 9.97. The van der Waals surface area contributed by atoms with Crippen LogP contribution in [0.5, 0.6) is 0 Å². The van der Waals surface area contributed by atoms with Gasteiger partial charge in [-0.3, -0.25) is 0 Å². The Kier molecular flexibility index (Phi) is 3.36. The van der Waals surface area contributed by atoms with Crippen LogP contribution in [0.2, 0.25) is 0 Å². The van der Waals surface area contributed by atoms with E-state index in [1.54, 1.807) is 18.2 Å². The predicted molar refractivity (Wildman–Crippen MR) is 86.4 cm³/mol. The maximum absolute atomic E-state index is 14.8. The van der Waals surface area contributed by atoms with Crippen LogP contribution in [0.4, 0.5) is 8.78 Å². The molecule has 3 rings (SSSR count). The smallest absolute Gasteiger partial charge is 0.196 e. The van der Waals surface area contributed by atoms with Crippen molar-refractivity contribution >= 4 is 12.6 Å². The van der Waals surface area contributed by atoms with Gasteiger partial charge in [-0.15, -0.1) is 0 Å². The second kappa shape index (κ2) is 4.84. The first kappa shape index (κ1) is 14.6. The van der Waals surface area contributed by atoms with E-state index in [2.05, 4.69) is 12.6 Å². The highest BCUT2D eigenvalue weighted by atomic mass is 32.1. The fourth-order valence-corrected chi connectivity index (χ4v) is 3.04. The van der Waals surface area contributed by atoms with Gasteiger partial charge in [0.15, 0.2) is 0 Å². The number of alkyl halides is 2. The molecule has 110 valence electrons. The third-order valence-electron chi connectivity index (χ3n) is 4.20. The van der Waals surface area contributed by atoms with Gasteiger partial charge in [0.2, 0.25) is 0 Å². The molecule has 0 radical (unpaired) electrons. The van der Waals surface area contributed by atoms with Crippen LogP contribution in [-0.4, -0.2) is 0 Å². The van der Waals surface area contributed by atoms with Crippen LogP contribution >= 0.6 is 12.6 Å². The summed E-state index contributed by atoms with van der Waals surface area (Å²) in [5, 5.41) is -0.0546. The van der Waals surface area contributed by atoms with Crippen LogP contribution < -0.4 is 0 Å². The number of hydrogen-bond acceptors (Lipinski definition) is 1. The second-order valence-corrected chi connectivity index (χ2v) is 6.79.